The number of thiol groups is 2. The number of aromatic hydroxyl groups is 1. The molecule has 12 heteroatoms. The van der Waals surface area contributed by atoms with E-state index >= 15 is 0 Å². The minimum atomic E-state index is -1.27. The highest BCUT2D eigenvalue weighted by atomic mass is 32.1. The van der Waals surface area contributed by atoms with Crippen LogP contribution in [-0.2, 0) is 25.6 Å². The summed E-state index contributed by atoms with van der Waals surface area (Å²) >= 11 is 7.91. The number of carbonyl (C=O) groups excluding carboxylic acids is 3. The normalized spacial score (nSPS) is 13.6. The van der Waals surface area contributed by atoms with Gasteiger partial charge in [0.15, 0.2) is 0 Å². The van der Waals surface area contributed by atoms with E-state index in [0.29, 0.717) is 5.56 Å². The highest BCUT2D eigenvalue weighted by molar-refractivity contribution is 7.80. The second-order valence-electron chi connectivity index (χ2n) is 6.02. The van der Waals surface area contributed by atoms with Crippen LogP contribution in [0.4, 0.5) is 0 Å². The molecule has 0 saturated heterocycles. The first kappa shape index (κ1) is 24.6. The lowest BCUT2D eigenvalue weighted by Gasteiger charge is -2.23. The van der Waals surface area contributed by atoms with Gasteiger partial charge in [-0.1, -0.05) is 12.1 Å². The fourth-order valence-corrected chi connectivity index (χ4v) is 2.76. The van der Waals surface area contributed by atoms with E-state index in [1.54, 1.807) is 12.1 Å². The molecule has 0 aliphatic carbocycles. The van der Waals surface area contributed by atoms with Crippen LogP contribution >= 0.6 is 25.3 Å². The van der Waals surface area contributed by atoms with Gasteiger partial charge in [0, 0.05) is 17.9 Å². The Morgan fingerprint density at radius 3 is 1.90 bits per heavy atom. The summed E-state index contributed by atoms with van der Waals surface area (Å²) < 4.78 is 0. The number of nitrogens with two attached hydrogens (primary N) is 1. The van der Waals surface area contributed by atoms with Crippen molar-refractivity contribution >= 4 is 48.9 Å². The summed E-state index contributed by atoms with van der Waals surface area (Å²) in [7, 11) is 0. The Kier molecular flexibility index (Phi) is 10.3. The molecule has 0 heterocycles. The number of phenols is 1. The van der Waals surface area contributed by atoms with E-state index in [0.717, 1.165) is 0 Å². The molecule has 10 nitrogen and oxygen atoms in total. The van der Waals surface area contributed by atoms with Crippen LogP contribution in [0.3, 0.4) is 0 Å². The van der Waals surface area contributed by atoms with Crippen molar-refractivity contribution in [1.29, 1.82) is 0 Å². The van der Waals surface area contributed by atoms with Crippen molar-refractivity contribution in [2.24, 2.45) is 5.73 Å². The van der Waals surface area contributed by atoms with Crippen LogP contribution in [0.15, 0.2) is 24.3 Å². The minimum Gasteiger partial charge on any atom is -0.508 e. The van der Waals surface area contributed by atoms with Gasteiger partial charge >= 0.3 is 5.97 Å². The largest absolute Gasteiger partial charge is 0.508 e. The molecule has 0 spiro atoms. The number of phenolic OH excluding ortho intramolecular Hbond substituents is 1. The Morgan fingerprint density at radius 1 is 0.897 bits per heavy atom. The van der Waals surface area contributed by atoms with Gasteiger partial charge in [0.1, 0.15) is 23.9 Å². The molecule has 0 saturated carbocycles. The molecule has 0 fully saturated rings. The second-order valence-corrected chi connectivity index (χ2v) is 6.75. The van der Waals surface area contributed by atoms with Gasteiger partial charge in [0.25, 0.3) is 0 Å². The molecule has 1 rings (SSSR count). The number of hydrogen-bond donors (Lipinski definition) is 8. The van der Waals surface area contributed by atoms with Crippen LogP contribution < -0.4 is 21.7 Å². The molecule has 1 aromatic carbocycles. The highest BCUT2D eigenvalue weighted by Gasteiger charge is 2.28. The zero-order valence-corrected chi connectivity index (χ0v) is 17.2. The van der Waals surface area contributed by atoms with Gasteiger partial charge in [-0.2, -0.15) is 25.3 Å². The lowest BCUT2D eigenvalue weighted by molar-refractivity contribution is -0.141. The van der Waals surface area contributed by atoms with Crippen LogP contribution in [0.2, 0.25) is 0 Å². The maximum absolute atomic E-state index is 12.6. The topological polar surface area (TPSA) is 171 Å². The molecule has 0 aliphatic heterocycles. The summed E-state index contributed by atoms with van der Waals surface area (Å²) in [5.41, 5.74) is 5.83. The predicted molar refractivity (Wildman–Crippen MR) is 112 cm³/mol. The maximum atomic E-state index is 12.6. The molecule has 3 unspecified atom stereocenters. The molecular weight excluding hydrogens is 420 g/mol. The van der Waals surface area contributed by atoms with E-state index in [1.165, 1.54) is 12.1 Å². The Bertz CT molecular complexity index is 731. The summed E-state index contributed by atoms with van der Waals surface area (Å²) in [6, 6.07) is 2.51. The summed E-state index contributed by atoms with van der Waals surface area (Å²) in [6.07, 6.45) is 0.0148. The van der Waals surface area contributed by atoms with E-state index in [-0.39, 0.29) is 30.2 Å². The van der Waals surface area contributed by atoms with Crippen molar-refractivity contribution in [3.63, 3.8) is 0 Å². The molecule has 3 amide bonds. The van der Waals surface area contributed by atoms with E-state index in [9.17, 15) is 24.3 Å². The first-order valence-electron chi connectivity index (χ1n) is 8.54. The molecule has 0 bridgehead atoms. The van der Waals surface area contributed by atoms with E-state index < -0.39 is 41.8 Å². The Hall–Kier alpha value is -2.44. The summed E-state index contributed by atoms with van der Waals surface area (Å²) in [6.45, 7) is -0.322. The zero-order chi connectivity index (χ0) is 22.0. The van der Waals surface area contributed by atoms with Crippen LogP contribution in [0.1, 0.15) is 5.56 Å². The van der Waals surface area contributed by atoms with Crippen molar-refractivity contribution in [3.8, 4) is 5.75 Å². The molecule has 0 aliphatic rings. The summed E-state index contributed by atoms with van der Waals surface area (Å²) in [4.78, 5) is 47.7. The first-order chi connectivity index (χ1) is 13.7. The van der Waals surface area contributed by atoms with Gasteiger partial charge in [0.2, 0.25) is 17.7 Å². The number of amides is 3. The number of aliphatic carboxylic acids is 1. The van der Waals surface area contributed by atoms with Gasteiger partial charge in [0.05, 0.1) is 6.54 Å². The SMILES string of the molecule is NCC(=O)NC(CS)C(=O)NC(Cc1ccc(O)cc1)C(=O)NC(CS)C(=O)O. The fourth-order valence-electron chi connectivity index (χ4n) is 2.25. The Labute approximate surface area is 178 Å². The summed E-state index contributed by atoms with van der Waals surface area (Å²) in [5.74, 6) is -3.42. The Balaban J connectivity index is 3.00. The molecule has 160 valence electrons. The predicted octanol–water partition coefficient (Wildman–Crippen LogP) is -1.71. The van der Waals surface area contributed by atoms with Gasteiger partial charge in [-0.05, 0) is 17.7 Å². The lowest BCUT2D eigenvalue weighted by Crippen LogP contribution is -2.57. The standard InChI is InChI=1S/C17H24N4O6S2/c18-6-14(23)19-12(7-28)16(25)20-11(5-9-1-3-10(22)4-2-9)15(24)21-13(8-29)17(26)27/h1-4,11-13,22,28-29H,5-8,18H2,(H,19,23)(H,20,25)(H,21,24)(H,26,27). The third-order valence-corrected chi connectivity index (χ3v) is 4.56. The number of carboxylic acid groups (broad SMARTS) is 1. The van der Waals surface area contributed by atoms with Gasteiger partial charge < -0.3 is 31.9 Å². The smallest absolute Gasteiger partial charge is 0.327 e. The summed E-state index contributed by atoms with van der Waals surface area (Å²) in [5, 5.41) is 25.7. The third-order valence-electron chi connectivity index (χ3n) is 3.83. The van der Waals surface area contributed by atoms with Gasteiger partial charge in [-0.15, -0.1) is 0 Å². The van der Waals surface area contributed by atoms with Gasteiger partial charge in [-0.25, -0.2) is 4.79 Å². The van der Waals surface area contributed by atoms with E-state index in [4.69, 9.17) is 10.8 Å². The number of benzene rings is 1. The first-order valence-corrected chi connectivity index (χ1v) is 9.80. The lowest BCUT2D eigenvalue weighted by atomic mass is 10.0. The number of hydrogen-bond acceptors (Lipinski definition) is 8. The van der Waals surface area contributed by atoms with Crippen LogP contribution in [0, 0.1) is 0 Å². The third kappa shape index (κ3) is 8.21. The van der Waals surface area contributed by atoms with E-state index in [1.807, 2.05) is 0 Å². The fraction of sp³-hybridized carbons (Fsp3) is 0.412. The van der Waals surface area contributed by atoms with Crippen LogP contribution in [0.5, 0.6) is 5.75 Å². The van der Waals surface area contributed by atoms with Crippen molar-refractivity contribution in [1.82, 2.24) is 16.0 Å². The maximum Gasteiger partial charge on any atom is 0.327 e. The quantitative estimate of drug-likeness (QED) is 0.188. The molecular formula is C17H24N4O6S2. The van der Waals surface area contributed by atoms with E-state index in [2.05, 4.69) is 41.2 Å². The molecule has 1 aromatic rings. The van der Waals surface area contributed by atoms with Crippen molar-refractivity contribution in [3.05, 3.63) is 29.8 Å². The second kappa shape index (κ2) is 12.2. The van der Waals surface area contributed by atoms with Crippen molar-refractivity contribution < 1.29 is 29.4 Å². The highest BCUT2D eigenvalue weighted by Crippen LogP contribution is 2.12. The minimum absolute atomic E-state index is 0.0148. The molecule has 0 aromatic heterocycles. The number of carboxylic acids is 1. The average molecular weight is 445 g/mol. The van der Waals surface area contributed by atoms with Gasteiger partial charge in [-0.3, -0.25) is 14.4 Å². The monoisotopic (exact) mass is 444 g/mol. The number of nitrogens with one attached hydrogen (secondary N) is 3. The van der Waals surface area contributed by atoms with Crippen LogP contribution in [-0.4, -0.2) is 70.1 Å². The molecule has 0 radical (unpaired) electrons. The van der Waals surface area contributed by atoms with Crippen LogP contribution in [0.25, 0.3) is 0 Å². The number of rotatable bonds is 11. The average Bonchev–Trinajstić information content (AvgIpc) is 2.70. The molecule has 7 N–H and O–H groups in total. The molecule has 29 heavy (non-hydrogen) atoms. The Morgan fingerprint density at radius 2 is 1.41 bits per heavy atom. The van der Waals surface area contributed by atoms with Crippen molar-refractivity contribution in [2.45, 2.75) is 24.5 Å². The van der Waals surface area contributed by atoms with Crippen molar-refractivity contribution in [2.75, 3.05) is 18.1 Å². The zero-order valence-electron chi connectivity index (χ0n) is 15.4. The molecule has 3 atom stereocenters. The number of carbonyl (C=O) groups is 4.